The molecule has 0 bridgehead atoms. The lowest BCUT2D eigenvalue weighted by atomic mass is 10.1. The van der Waals surface area contributed by atoms with Crippen LogP contribution in [0.25, 0.3) is 0 Å². The Morgan fingerprint density at radius 3 is 2.50 bits per heavy atom. The molecule has 0 spiro atoms. The Morgan fingerprint density at radius 2 is 1.79 bits per heavy atom. The number of aryl methyl sites for hydroxylation is 2. The van der Waals surface area contributed by atoms with Crippen LogP contribution in [0.5, 0.6) is 5.75 Å². The molecule has 1 atom stereocenters. The number of hydrogen-bond donors (Lipinski definition) is 1. The lowest BCUT2D eigenvalue weighted by Crippen LogP contribution is -2.19. The monoisotopic (exact) mass is 393 g/mol. The molecule has 0 saturated carbocycles. The van der Waals surface area contributed by atoms with Crippen molar-refractivity contribution in [2.75, 3.05) is 11.9 Å². The first-order chi connectivity index (χ1) is 13.6. The van der Waals surface area contributed by atoms with Crippen LogP contribution in [0.3, 0.4) is 0 Å². The fraction of sp³-hybridized carbons (Fsp3) is 0.227. The van der Waals surface area contributed by atoms with E-state index in [9.17, 15) is 4.79 Å². The first kappa shape index (κ1) is 19.9. The number of para-hydroxylation sites is 2. The number of anilines is 1. The smallest absolute Gasteiger partial charge is 0.242 e. The van der Waals surface area contributed by atoms with Crippen molar-refractivity contribution in [1.82, 2.24) is 9.97 Å². The van der Waals surface area contributed by atoms with Gasteiger partial charge in [-0.25, -0.2) is 9.97 Å². The van der Waals surface area contributed by atoms with Gasteiger partial charge < -0.3 is 10.1 Å². The topological polar surface area (TPSA) is 64.1 Å². The van der Waals surface area contributed by atoms with Crippen molar-refractivity contribution in [2.45, 2.75) is 31.0 Å². The van der Waals surface area contributed by atoms with Gasteiger partial charge in [0.15, 0.2) is 0 Å². The van der Waals surface area contributed by atoms with Gasteiger partial charge >= 0.3 is 0 Å². The number of aromatic nitrogens is 2. The summed E-state index contributed by atoms with van der Waals surface area (Å²) in [6.07, 6.45) is 0. The molecular weight excluding hydrogens is 370 g/mol. The highest BCUT2D eigenvalue weighted by Crippen LogP contribution is 2.36. The van der Waals surface area contributed by atoms with Crippen molar-refractivity contribution in [1.29, 1.82) is 0 Å². The minimum absolute atomic E-state index is 0.128. The number of hydrogen-bond acceptors (Lipinski definition) is 5. The molecule has 1 unspecified atom stereocenters. The highest BCUT2D eigenvalue weighted by molar-refractivity contribution is 8.00. The normalized spacial score (nSPS) is 11.7. The fourth-order valence-corrected chi connectivity index (χ4v) is 3.94. The molecule has 1 N–H and O–H groups in total. The third-order valence-corrected chi connectivity index (χ3v) is 5.14. The van der Waals surface area contributed by atoms with Gasteiger partial charge in [-0.15, -0.1) is 0 Å². The minimum atomic E-state index is -0.454. The third-order valence-electron chi connectivity index (χ3n) is 3.97. The Kier molecular flexibility index (Phi) is 6.66. The average molecular weight is 394 g/mol. The summed E-state index contributed by atoms with van der Waals surface area (Å²) in [5.74, 6) is 1.22. The summed E-state index contributed by atoms with van der Waals surface area (Å²) in [6, 6.07) is 19.0. The molecule has 2 aromatic carbocycles. The Bertz CT molecular complexity index is 927. The maximum absolute atomic E-state index is 13.2. The van der Waals surface area contributed by atoms with Crippen LogP contribution in [-0.4, -0.2) is 22.5 Å². The molecule has 144 valence electrons. The van der Waals surface area contributed by atoms with E-state index in [1.54, 1.807) is 0 Å². The van der Waals surface area contributed by atoms with Gasteiger partial charge in [0.05, 0.1) is 12.3 Å². The van der Waals surface area contributed by atoms with E-state index in [1.165, 1.54) is 11.8 Å². The molecule has 1 amide bonds. The van der Waals surface area contributed by atoms with Crippen LogP contribution in [-0.2, 0) is 4.79 Å². The van der Waals surface area contributed by atoms with Crippen LogP contribution in [0.15, 0.2) is 65.7 Å². The molecule has 6 heteroatoms. The van der Waals surface area contributed by atoms with Crippen molar-refractivity contribution in [3.8, 4) is 5.75 Å². The second kappa shape index (κ2) is 9.37. The Hall–Kier alpha value is -2.86. The second-order valence-corrected chi connectivity index (χ2v) is 7.35. The molecule has 3 rings (SSSR count). The first-order valence-corrected chi connectivity index (χ1v) is 10.0. The minimum Gasteiger partial charge on any atom is -0.492 e. The SMILES string of the molecule is CCOc1ccccc1NC(=O)C(Sc1cc(C)nc(C)n1)c1ccccc1. The van der Waals surface area contributed by atoms with Gasteiger partial charge in [-0.1, -0.05) is 54.2 Å². The summed E-state index contributed by atoms with van der Waals surface area (Å²) in [4.78, 5) is 22.0. The Balaban J connectivity index is 1.90. The van der Waals surface area contributed by atoms with E-state index in [4.69, 9.17) is 4.74 Å². The maximum Gasteiger partial charge on any atom is 0.242 e. The van der Waals surface area contributed by atoms with E-state index in [0.29, 0.717) is 23.9 Å². The number of ether oxygens (including phenoxy) is 1. The van der Waals surface area contributed by atoms with E-state index in [1.807, 2.05) is 81.4 Å². The van der Waals surface area contributed by atoms with E-state index in [0.717, 1.165) is 16.3 Å². The molecule has 3 aromatic rings. The second-order valence-electron chi connectivity index (χ2n) is 6.22. The maximum atomic E-state index is 13.2. The Labute approximate surface area is 169 Å². The zero-order chi connectivity index (χ0) is 19.9. The molecule has 5 nitrogen and oxygen atoms in total. The number of carbonyl (C=O) groups is 1. The molecule has 1 heterocycles. The summed E-state index contributed by atoms with van der Waals surface area (Å²) in [6.45, 7) is 6.23. The predicted octanol–water partition coefficient (Wildman–Crippen LogP) is 4.96. The quantitative estimate of drug-likeness (QED) is 0.454. The predicted molar refractivity (Wildman–Crippen MR) is 113 cm³/mol. The summed E-state index contributed by atoms with van der Waals surface area (Å²) in [5, 5.41) is 3.33. The van der Waals surface area contributed by atoms with Gasteiger partial charge in [-0.3, -0.25) is 4.79 Å². The summed E-state index contributed by atoms with van der Waals surface area (Å²) in [7, 11) is 0. The number of rotatable bonds is 7. The highest BCUT2D eigenvalue weighted by Gasteiger charge is 2.24. The lowest BCUT2D eigenvalue weighted by Gasteiger charge is -2.18. The van der Waals surface area contributed by atoms with E-state index >= 15 is 0 Å². The van der Waals surface area contributed by atoms with Crippen LogP contribution < -0.4 is 10.1 Å². The Morgan fingerprint density at radius 1 is 1.07 bits per heavy atom. The van der Waals surface area contributed by atoms with Crippen LogP contribution in [0.4, 0.5) is 5.69 Å². The molecule has 1 aromatic heterocycles. The third kappa shape index (κ3) is 5.10. The molecule has 0 aliphatic heterocycles. The van der Waals surface area contributed by atoms with Gasteiger partial charge in [0.25, 0.3) is 0 Å². The number of nitrogens with one attached hydrogen (secondary N) is 1. The van der Waals surface area contributed by atoms with E-state index < -0.39 is 5.25 Å². The molecule has 0 aliphatic carbocycles. The highest BCUT2D eigenvalue weighted by atomic mass is 32.2. The van der Waals surface area contributed by atoms with E-state index in [-0.39, 0.29) is 5.91 Å². The van der Waals surface area contributed by atoms with Crippen molar-refractivity contribution in [3.63, 3.8) is 0 Å². The first-order valence-electron chi connectivity index (χ1n) is 9.13. The van der Waals surface area contributed by atoms with Crippen LogP contribution in [0.2, 0.25) is 0 Å². The molecule has 28 heavy (non-hydrogen) atoms. The lowest BCUT2D eigenvalue weighted by molar-refractivity contribution is -0.115. The van der Waals surface area contributed by atoms with E-state index in [2.05, 4.69) is 15.3 Å². The van der Waals surface area contributed by atoms with Crippen LogP contribution in [0, 0.1) is 13.8 Å². The van der Waals surface area contributed by atoms with Crippen LogP contribution >= 0.6 is 11.8 Å². The van der Waals surface area contributed by atoms with Gasteiger partial charge in [0.1, 0.15) is 21.8 Å². The van der Waals surface area contributed by atoms with Gasteiger partial charge in [0, 0.05) is 5.69 Å². The van der Waals surface area contributed by atoms with Crippen molar-refractivity contribution < 1.29 is 9.53 Å². The number of amides is 1. The van der Waals surface area contributed by atoms with Crippen molar-refractivity contribution >= 4 is 23.4 Å². The molecule has 0 fully saturated rings. The number of benzene rings is 2. The fourth-order valence-electron chi connectivity index (χ4n) is 2.81. The molecule has 0 radical (unpaired) electrons. The van der Waals surface area contributed by atoms with Crippen molar-refractivity contribution in [3.05, 3.63) is 77.7 Å². The number of carbonyl (C=O) groups excluding carboxylic acids is 1. The molecule has 0 saturated heterocycles. The zero-order valence-electron chi connectivity index (χ0n) is 16.2. The van der Waals surface area contributed by atoms with Gasteiger partial charge in [-0.05, 0) is 44.5 Å². The zero-order valence-corrected chi connectivity index (χ0v) is 17.0. The molecule has 0 aliphatic rings. The number of nitrogens with zero attached hydrogens (tertiary/aromatic N) is 2. The summed E-state index contributed by atoms with van der Waals surface area (Å²) >= 11 is 1.41. The number of thioether (sulfide) groups is 1. The van der Waals surface area contributed by atoms with Crippen LogP contribution in [0.1, 0.15) is 29.3 Å². The average Bonchev–Trinajstić information content (AvgIpc) is 2.68. The molecular formula is C22H23N3O2S. The largest absolute Gasteiger partial charge is 0.492 e. The standard InChI is InChI=1S/C22H23N3O2S/c1-4-27-19-13-9-8-12-18(19)25-22(26)21(17-10-6-5-7-11-17)28-20-14-15(2)23-16(3)24-20/h5-14,21H,4H2,1-3H3,(H,25,26). The summed E-state index contributed by atoms with van der Waals surface area (Å²) < 4.78 is 5.63. The van der Waals surface area contributed by atoms with Crippen molar-refractivity contribution in [2.24, 2.45) is 0 Å². The summed E-state index contributed by atoms with van der Waals surface area (Å²) in [5.41, 5.74) is 2.45. The van der Waals surface area contributed by atoms with Gasteiger partial charge in [-0.2, -0.15) is 0 Å². The van der Waals surface area contributed by atoms with Gasteiger partial charge in [0.2, 0.25) is 5.91 Å².